The molecule has 0 fully saturated rings. The van der Waals surface area contributed by atoms with E-state index in [1.807, 2.05) is 0 Å². The molecule has 0 aliphatic heterocycles. The molecule has 7 heteroatoms. The third kappa shape index (κ3) is 5.48. The second-order valence-corrected chi connectivity index (χ2v) is 5.09. The van der Waals surface area contributed by atoms with E-state index in [1.54, 1.807) is 48.5 Å². The van der Waals surface area contributed by atoms with Crippen molar-refractivity contribution in [2.75, 3.05) is 25.6 Å². The van der Waals surface area contributed by atoms with Crippen LogP contribution in [-0.2, 0) is 14.3 Å². The van der Waals surface area contributed by atoms with Crippen LogP contribution in [0.5, 0.6) is 11.5 Å². The molecule has 0 heterocycles. The van der Waals surface area contributed by atoms with Gasteiger partial charge in [-0.15, -0.1) is 0 Å². The number of ether oxygens (including phenoxy) is 3. The van der Waals surface area contributed by atoms with Crippen LogP contribution in [0.25, 0.3) is 0 Å². The highest BCUT2D eigenvalue weighted by atomic mass is 35.5. The number of nitrogens with one attached hydrogen (secondary N) is 1. The Morgan fingerprint density at radius 2 is 1.75 bits per heavy atom. The lowest BCUT2D eigenvalue weighted by Gasteiger charge is -2.10. The van der Waals surface area contributed by atoms with Crippen LogP contribution in [0.15, 0.2) is 48.5 Å². The normalized spacial score (nSPS) is 9.92. The molecule has 0 bridgehead atoms. The van der Waals surface area contributed by atoms with Crippen LogP contribution >= 0.6 is 11.6 Å². The monoisotopic (exact) mass is 349 g/mol. The quantitative estimate of drug-likeness (QED) is 0.778. The topological polar surface area (TPSA) is 73.9 Å². The summed E-state index contributed by atoms with van der Waals surface area (Å²) < 4.78 is 15.2. The largest absolute Gasteiger partial charge is 0.495 e. The van der Waals surface area contributed by atoms with Crippen molar-refractivity contribution in [3.63, 3.8) is 0 Å². The second-order valence-electron chi connectivity index (χ2n) is 4.65. The van der Waals surface area contributed by atoms with Gasteiger partial charge < -0.3 is 19.5 Å². The molecular weight excluding hydrogens is 334 g/mol. The first-order valence-electron chi connectivity index (χ1n) is 7.05. The van der Waals surface area contributed by atoms with Crippen molar-refractivity contribution in [1.82, 2.24) is 0 Å². The number of hydrogen-bond acceptors (Lipinski definition) is 5. The Bertz CT molecular complexity index is 702. The van der Waals surface area contributed by atoms with Crippen LogP contribution < -0.4 is 14.8 Å². The lowest BCUT2D eigenvalue weighted by molar-refractivity contribution is -0.149. The van der Waals surface area contributed by atoms with Crippen molar-refractivity contribution in [1.29, 1.82) is 0 Å². The molecule has 0 aliphatic rings. The molecular formula is C17H16ClNO5. The van der Waals surface area contributed by atoms with Gasteiger partial charge >= 0.3 is 5.97 Å². The maximum absolute atomic E-state index is 11.8. The number of rotatable bonds is 7. The van der Waals surface area contributed by atoms with E-state index in [4.69, 9.17) is 25.8 Å². The van der Waals surface area contributed by atoms with Crippen LogP contribution in [0.2, 0.25) is 5.02 Å². The second kappa shape index (κ2) is 8.79. The van der Waals surface area contributed by atoms with Crippen LogP contribution in [0, 0.1) is 0 Å². The van der Waals surface area contributed by atoms with Gasteiger partial charge in [0, 0.05) is 5.02 Å². The highest BCUT2D eigenvalue weighted by Crippen LogP contribution is 2.22. The van der Waals surface area contributed by atoms with Gasteiger partial charge in [-0.05, 0) is 36.4 Å². The first-order chi connectivity index (χ1) is 11.6. The molecule has 2 rings (SSSR count). The molecule has 2 aromatic rings. The average Bonchev–Trinajstić information content (AvgIpc) is 2.60. The number of hydrogen-bond donors (Lipinski definition) is 1. The molecule has 24 heavy (non-hydrogen) atoms. The Kier molecular flexibility index (Phi) is 6.45. The predicted molar refractivity (Wildman–Crippen MR) is 89.5 cm³/mol. The minimum Gasteiger partial charge on any atom is -0.495 e. The summed E-state index contributed by atoms with van der Waals surface area (Å²) in [6.45, 7) is -0.718. The van der Waals surface area contributed by atoms with E-state index in [1.165, 1.54) is 7.11 Å². The predicted octanol–water partition coefficient (Wildman–Crippen LogP) is 2.91. The van der Waals surface area contributed by atoms with Crippen molar-refractivity contribution >= 4 is 29.2 Å². The van der Waals surface area contributed by atoms with Crippen molar-refractivity contribution in [3.05, 3.63) is 53.6 Å². The smallest absolute Gasteiger partial charge is 0.344 e. The minimum absolute atomic E-state index is 0.302. The fraction of sp³-hybridized carbons (Fsp3) is 0.176. The van der Waals surface area contributed by atoms with E-state index in [0.717, 1.165) is 0 Å². The number of para-hydroxylation sites is 2. The number of carbonyl (C=O) groups is 2. The highest BCUT2D eigenvalue weighted by Gasteiger charge is 2.10. The summed E-state index contributed by atoms with van der Waals surface area (Å²) in [5.41, 5.74) is 0.499. The van der Waals surface area contributed by atoms with Gasteiger partial charge in [-0.1, -0.05) is 23.7 Å². The first-order valence-corrected chi connectivity index (χ1v) is 7.43. The molecule has 0 atom stereocenters. The Labute approximate surface area is 144 Å². The third-order valence-electron chi connectivity index (χ3n) is 2.92. The average molecular weight is 350 g/mol. The lowest BCUT2D eigenvalue weighted by atomic mass is 10.3. The number of benzene rings is 2. The number of carbonyl (C=O) groups excluding carboxylic acids is 2. The summed E-state index contributed by atoms with van der Waals surface area (Å²) in [5, 5.41) is 3.17. The van der Waals surface area contributed by atoms with Gasteiger partial charge in [0.15, 0.2) is 13.2 Å². The lowest BCUT2D eigenvalue weighted by Crippen LogP contribution is -2.23. The molecule has 0 aromatic heterocycles. The molecule has 2 aromatic carbocycles. The Hall–Kier alpha value is -2.73. The fourth-order valence-corrected chi connectivity index (χ4v) is 1.92. The number of esters is 1. The van der Waals surface area contributed by atoms with E-state index < -0.39 is 18.5 Å². The molecule has 0 spiro atoms. The van der Waals surface area contributed by atoms with Gasteiger partial charge in [-0.25, -0.2) is 4.79 Å². The molecule has 0 saturated carbocycles. The number of halogens is 1. The van der Waals surface area contributed by atoms with E-state index in [-0.39, 0.29) is 6.61 Å². The third-order valence-corrected chi connectivity index (χ3v) is 3.17. The summed E-state index contributed by atoms with van der Waals surface area (Å²) >= 11 is 5.75. The first kappa shape index (κ1) is 17.6. The van der Waals surface area contributed by atoms with Crippen LogP contribution in [0.1, 0.15) is 0 Å². The van der Waals surface area contributed by atoms with Gasteiger partial charge in [-0.3, -0.25) is 4.79 Å². The molecule has 6 nitrogen and oxygen atoms in total. The Morgan fingerprint density at radius 1 is 1.04 bits per heavy atom. The van der Waals surface area contributed by atoms with Gasteiger partial charge in [0.25, 0.3) is 5.91 Å². The molecule has 0 radical (unpaired) electrons. The number of methoxy groups -OCH3 is 1. The summed E-state index contributed by atoms with van der Waals surface area (Å²) in [4.78, 5) is 23.4. The van der Waals surface area contributed by atoms with Crippen molar-refractivity contribution in [3.8, 4) is 11.5 Å². The van der Waals surface area contributed by atoms with Gasteiger partial charge in [0.05, 0.1) is 12.8 Å². The standard InChI is InChI=1S/C17H16ClNO5/c1-22-15-5-3-2-4-14(15)19-16(20)10-24-17(21)11-23-13-8-6-12(18)7-9-13/h2-9H,10-11H2,1H3,(H,19,20). The number of amides is 1. The zero-order valence-electron chi connectivity index (χ0n) is 13.0. The maximum atomic E-state index is 11.8. The number of anilines is 1. The van der Waals surface area contributed by atoms with E-state index in [2.05, 4.69) is 5.32 Å². The van der Waals surface area contributed by atoms with Crippen LogP contribution in [0.3, 0.4) is 0 Å². The van der Waals surface area contributed by atoms with Crippen molar-refractivity contribution < 1.29 is 23.8 Å². The van der Waals surface area contributed by atoms with E-state index in [9.17, 15) is 9.59 Å². The molecule has 0 unspecified atom stereocenters. The summed E-state index contributed by atoms with van der Waals surface area (Å²) in [7, 11) is 1.50. The minimum atomic E-state index is -0.653. The maximum Gasteiger partial charge on any atom is 0.344 e. The Morgan fingerprint density at radius 3 is 2.46 bits per heavy atom. The molecule has 0 aliphatic carbocycles. The van der Waals surface area contributed by atoms with Gasteiger partial charge in [0.2, 0.25) is 0 Å². The summed E-state index contributed by atoms with van der Waals surface area (Å²) in [6.07, 6.45) is 0. The zero-order chi connectivity index (χ0) is 17.4. The SMILES string of the molecule is COc1ccccc1NC(=O)COC(=O)COc1ccc(Cl)cc1. The summed E-state index contributed by atoms with van der Waals surface area (Å²) in [6, 6.07) is 13.5. The molecule has 0 saturated heterocycles. The zero-order valence-corrected chi connectivity index (χ0v) is 13.7. The Balaban J connectivity index is 1.74. The molecule has 126 valence electrons. The van der Waals surface area contributed by atoms with Crippen molar-refractivity contribution in [2.45, 2.75) is 0 Å². The van der Waals surface area contributed by atoms with Gasteiger partial charge in [0.1, 0.15) is 11.5 Å². The summed E-state index contributed by atoms with van der Waals surface area (Å²) in [5.74, 6) is -0.127. The van der Waals surface area contributed by atoms with Crippen molar-refractivity contribution in [2.24, 2.45) is 0 Å². The highest BCUT2D eigenvalue weighted by molar-refractivity contribution is 6.30. The van der Waals surface area contributed by atoms with Crippen LogP contribution in [-0.4, -0.2) is 32.2 Å². The van der Waals surface area contributed by atoms with Crippen LogP contribution in [0.4, 0.5) is 5.69 Å². The van der Waals surface area contributed by atoms with E-state index in [0.29, 0.717) is 22.2 Å². The van der Waals surface area contributed by atoms with E-state index >= 15 is 0 Å². The van der Waals surface area contributed by atoms with Gasteiger partial charge in [-0.2, -0.15) is 0 Å². The fourth-order valence-electron chi connectivity index (χ4n) is 1.79. The molecule has 1 amide bonds. The molecule has 1 N–H and O–H groups in total.